The molecule has 0 aromatic heterocycles. The van der Waals surface area contributed by atoms with Gasteiger partial charge in [0.2, 0.25) is 0 Å². The van der Waals surface area contributed by atoms with Crippen LogP contribution in [0.4, 0.5) is 5.69 Å². The van der Waals surface area contributed by atoms with E-state index in [9.17, 15) is 0 Å². The molecular weight excluding hydrogens is 391 g/mol. The normalized spacial score (nSPS) is 10.0. The summed E-state index contributed by atoms with van der Waals surface area (Å²) in [6, 6.07) is 13.3. The summed E-state index contributed by atoms with van der Waals surface area (Å²) >= 11 is 12.9. The highest BCUT2D eigenvalue weighted by Crippen LogP contribution is 2.25. The van der Waals surface area contributed by atoms with Gasteiger partial charge in [-0.1, -0.05) is 43.5 Å². The maximum absolute atomic E-state index is 9.07. The first-order chi connectivity index (χ1) is 9.10. The summed E-state index contributed by atoms with van der Waals surface area (Å²) in [5, 5.41) is 13.0. The van der Waals surface area contributed by atoms with Crippen LogP contribution in [-0.4, -0.2) is 0 Å². The van der Waals surface area contributed by atoms with E-state index in [1.807, 2.05) is 30.3 Å². The molecule has 2 nitrogen and oxygen atoms in total. The first-order valence-corrected chi connectivity index (χ1v) is 7.44. The van der Waals surface area contributed by atoms with E-state index in [2.05, 4.69) is 43.2 Å². The zero-order valence-electron chi connectivity index (χ0n) is 9.75. The predicted molar refractivity (Wildman–Crippen MR) is 85.3 cm³/mol. The van der Waals surface area contributed by atoms with Gasteiger partial charge in [0.05, 0.1) is 11.3 Å². The molecule has 0 amide bonds. The largest absolute Gasteiger partial charge is 0.380 e. The van der Waals surface area contributed by atoms with Gasteiger partial charge in [-0.15, -0.1) is 0 Å². The molecule has 0 saturated heterocycles. The first kappa shape index (κ1) is 14.4. The lowest BCUT2D eigenvalue weighted by Crippen LogP contribution is -2.02. The van der Waals surface area contributed by atoms with E-state index in [4.69, 9.17) is 16.9 Å². The number of anilines is 1. The van der Waals surface area contributed by atoms with Crippen molar-refractivity contribution in [3.8, 4) is 6.07 Å². The second kappa shape index (κ2) is 6.42. The molecule has 0 saturated carbocycles. The third-order valence-electron chi connectivity index (χ3n) is 2.58. The number of nitrogens with zero attached hydrogens (tertiary/aromatic N) is 1. The minimum Gasteiger partial charge on any atom is -0.380 e. The van der Waals surface area contributed by atoms with Crippen LogP contribution in [0.15, 0.2) is 45.3 Å². The molecule has 0 aliphatic heterocycles. The first-order valence-electron chi connectivity index (χ1n) is 5.47. The zero-order chi connectivity index (χ0) is 13.8. The van der Waals surface area contributed by atoms with Gasteiger partial charge in [-0.05, 0) is 42.0 Å². The predicted octanol–water partition coefficient (Wildman–Crippen LogP) is 5.35. The quantitative estimate of drug-likeness (QED) is 0.754. The average molecular weight is 401 g/mol. The fourth-order valence-electron chi connectivity index (χ4n) is 1.63. The van der Waals surface area contributed by atoms with Crippen LogP contribution in [0.5, 0.6) is 0 Å². The average Bonchev–Trinajstić information content (AvgIpc) is 2.40. The van der Waals surface area contributed by atoms with Crippen molar-refractivity contribution in [1.82, 2.24) is 0 Å². The molecule has 0 bridgehead atoms. The molecule has 0 aliphatic rings. The maximum Gasteiger partial charge on any atom is 0.101 e. The van der Waals surface area contributed by atoms with Gasteiger partial charge in [0, 0.05) is 20.5 Å². The molecule has 2 aromatic rings. The molecule has 96 valence electrons. The summed E-state index contributed by atoms with van der Waals surface area (Å²) in [6.07, 6.45) is 0. The molecule has 5 heteroatoms. The minimum absolute atomic E-state index is 0.590. The van der Waals surface area contributed by atoms with E-state index in [1.165, 1.54) is 0 Å². The van der Waals surface area contributed by atoms with Crippen molar-refractivity contribution in [2.24, 2.45) is 0 Å². The lowest BCUT2D eigenvalue weighted by molar-refractivity contribution is 1.13. The summed E-state index contributed by atoms with van der Waals surface area (Å²) in [4.78, 5) is 0. The second-order valence-corrected chi connectivity index (χ2v) is 6.10. The zero-order valence-corrected chi connectivity index (χ0v) is 13.7. The highest BCUT2D eigenvalue weighted by Gasteiger charge is 2.05. The number of hydrogen-bond acceptors (Lipinski definition) is 2. The van der Waals surface area contributed by atoms with Crippen molar-refractivity contribution >= 4 is 49.1 Å². The standard InChI is InChI=1S/C14H9Br2ClN2/c15-11-2-1-9(7-18)14(6-11)19-8-10-5-12(17)3-4-13(10)16/h1-6,19H,8H2. The molecule has 0 radical (unpaired) electrons. The third kappa shape index (κ3) is 3.73. The van der Waals surface area contributed by atoms with Gasteiger partial charge in [-0.25, -0.2) is 0 Å². The van der Waals surface area contributed by atoms with Crippen LogP contribution in [0.3, 0.4) is 0 Å². The van der Waals surface area contributed by atoms with Crippen LogP contribution < -0.4 is 5.32 Å². The smallest absolute Gasteiger partial charge is 0.101 e. The molecule has 2 rings (SSSR count). The van der Waals surface area contributed by atoms with Crippen LogP contribution in [0, 0.1) is 11.3 Å². The number of rotatable bonds is 3. The maximum atomic E-state index is 9.07. The summed E-state index contributed by atoms with van der Waals surface area (Å²) in [5.74, 6) is 0. The lowest BCUT2D eigenvalue weighted by Gasteiger charge is -2.10. The van der Waals surface area contributed by atoms with Crippen LogP contribution in [0.2, 0.25) is 5.02 Å². The van der Waals surface area contributed by atoms with Gasteiger partial charge < -0.3 is 5.32 Å². The Kier molecular flexibility index (Phi) is 4.87. The van der Waals surface area contributed by atoms with E-state index < -0.39 is 0 Å². The van der Waals surface area contributed by atoms with E-state index in [1.54, 1.807) is 6.07 Å². The van der Waals surface area contributed by atoms with Crippen molar-refractivity contribution in [1.29, 1.82) is 5.26 Å². The number of benzene rings is 2. The van der Waals surface area contributed by atoms with Crippen molar-refractivity contribution in [2.45, 2.75) is 6.54 Å². The highest BCUT2D eigenvalue weighted by molar-refractivity contribution is 9.10. The van der Waals surface area contributed by atoms with Gasteiger partial charge in [0.1, 0.15) is 6.07 Å². The Morgan fingerprint density at radius 3 is 2.68 bits per heavy atom. The second-order valence-electron chi connectivity index (χ2n) is 3.89. The van der Waals surface area contributed by atoms with Gasteiger partial charge in [-0.3, -0.25) is 0 Å². The molecule has 19 heavy (non-hydrogen) atoms. The Bertz CT molecular complexity index is 650. The molecule has 0 heterocycles. The molecule has 2 aromatic carbocycles. The monoisotopic (exact) mass is 398 g/mol. The summed E-state index contributed by atoms with van der Waals surface area (Å²) in [5.41, 5.74) is 2.45. The van der Waals surface area contributed by atoms with Crippen molar-refractivity contribution in [2.75, 3.05) is 5.32 Å². The van der Waals surface area contributed by atoms with Gasteiger partial charge in [0.15, 0.2) is 0 Å². The lowest BCUT2D eigenvalue weighted by atomic mass is 10.1. The minimum atomic E-state index is 0.590. The van der Waals surface area contributed by atoms with Gasteiger partial charge in [-0.2, -0.15) is 5.26 Å². The Labute approximate surface area is 133 Å². The fourth-order valence-corrected chi connectivity index (χ4v) is 2.57. The highest BCUT2D eigenvalue weighted by atomic mass is 79.9. The summed E-state index contributed by atoms with van der Waals surface area (Å²) < 4.78 is 1.91. The van der Waals surface area contributed by atoms with E-state index >= 15 is 0 Å². The molecular formula is C14H9Br2ClN2. The van der Waals surface area contributed by atoms with Crippen LogP contribution in [0.1, 0.15) is 11.1 Å². The molecule has 0 fully saturated rings. The number of halogens is 3. The van der Waals surface area contributed by atoms with E-state index in [0.29, 0.717) is 17.1 Å². The van der Waals surface area contributed by atoms with Crippen LogP contribution in [0.25, 0.3) is 0 Å². The number of hydrogen-bond donors (Lipinski definition) is 1. The van der Waals surface area contributed by atoms with Crippen LogP contribution in [-0.2, 0) is 6.54 Å². The Balaban J connectivity index is 2.21. The summed E-state index contributed by atoms with van der Waals surface area (Å²) in [7, 11) is 0. The Hall–Kier alpha value is -1.02. The number of nitrogens with one attached hydrogen (secondary N) is 1. The SMILES string of the molecule is N#Cc1ccc(Br)cc1NCc1cc(Cl)ccc1Br. The molecule has 0 aliphatic carbocycles. The fraction of sp³-hybridized carbons (Fsp3) is 0.0714. The van der Waals surface area contributed by atoms with Crippen molar-refractivity contribution in [3.05, 3.63) is 61.5 Å². The molecule has 1 N–H and O–H groups in total. The summed E-state index contributed by atoms with van der Waals surface area (Å²) in [6.45, 7) is 0.590. The van der Waals surface area contributed by atoms with Crippen molar-refractivity contribution in [3.63, 3.8) is 0 Å². The Morgan fingerprint density at radius 1 is 1.16 bits per heavy atom. The van der Waals surface area contributed by atoms with Gasteiger partial charge in [0.25, 0.3) is 0 Å². The Morgan fingerprint density at radius 2 is 1.95 bits per heavy atom. The van der Waals surface area contributed by atoms with Gasteiger partial charge >= 0.3 is 0 Å². The topological polar surface area (TPSA) is 35.8 Å². The van der Waals surface area contributed by atoms with Crippen LogP contribution >= 0.6 is 43.5 Å². The molecule has 0 spiro atoms. The number of nitriles is 1. The van der Waals surface area contributed by atoms with E-state index in [0.717, 1.165) is 20.2 Å². The third-order valence-corrected chi connectivity index (χ3v) is 4.08. The molecule has 0 unspecified atom stereocenters. The van der Waals surface area contributed by atoms with E-state index in [-0.39, 0.29) is 0 Å². The van der Waals surface area contributed by atoms with Crippen molar-refractivity contribution < 1.29 is 0 Å². The molecule has 0 atom stereocenters.